The summed E-state index contributed by atoms with van der Waals surface area (Å²) in [5.74, 6) is -0.345. The van der Waals surface area contributed by atoms with E-state index < -0.39 is 17.8 Å². The van der Waals surface area contributed by atoms with E-state index in [-0.39, 0.29) is 11.1 Å². The van der Waals surface area contributed by atoms with Crippen LogP contribution in [0.2, 0.25) is 5.15 Å². The molecular formula is C19H16ClF3N4O. The normalized spacial score (nSPS) is 12.6. The summed E-state index contributed by atoms with van der Waals surface area (Å²) in [4.78, 5) is 16.2. The predicted molar refractivity (Wildman–Crippen MR) is 98.4 cm³/mol. The molecule has 2 aromatic heterocycles. The maximum atomic E-state index is 13.0. The van der Waals surface area contributed by atoms with Crippen LogP contribution in [0.1, 0.15) is 40.1 Å². The average Bonchev–Trinajstić information content (AvgIpc) is 3.03. The molecule has 2 heterocycles. The van der Waals surface area contributed by atoms with E-state index in [2.05, 4.69) is 15.4 Å². The van der Waals surface area contributed by atoms with Gasteiger partial charge in [-0.1, -0.05) is 17.7 Å². The second-order valence-electron chi connectivity index (χ2n) is 6.21. The van der Waals surface area contributed by atoms with Gasteiger partial charge in [0, 0.05) is 17.5 Å². The Morgan fingerprint density at radius 1 is 1.21 bits per heavy atom. The Morgan fingerprint density at radius 3 is 2.61 bits per heavy atom. The van der Waals surface area contributed by atoms with Gasteiger partial charge in [0.05, 0.1) is 29.1 Å². The molecule has 0 saturated carbocycles. The minimum atomic E-state index is -4.44. The molecule has 0 aliphatic carbocycles. The zero-order chi connectivity index (χ0) is 20.5. The van der Waals surface area contributed by atoms with Crippen LogP contribution in [-0.2, 0) is 6.18 Å². The Balaban J connectivity index is 1.82. The first-order chi connectivity index (χ1) is 13.2. The van der Waals surface area contributed by atoms with Gasteiger partial charge >= 0.3 is 6.18 Å². The zero-order valence-corrected chi connectivity index (χ0v) is 15.7. The van der Waals surface area contributed by atoms with E-state index in [1.807, 2.05) is 0 Å². The molecule has 5 nitrogen and oxygen atoms in total. The third kappa shape index (κ3) is 4.17. The SMILES string of the molecule is Cc1c([C@H](C)NC(=O)c2ccc(Cl)nc2)cnn1-c1cccc(C(F)(F)F)c1. The number of nitrogens with one attached hydrogen (secondary N) is 1. The van der Waals surface area contributed by atoms with Crippen molar-refractivity contribution >= 4 is 17.5 Å². The summed E-state index contributed by atoms with van der Waals surface area (Å²) in [6.45, 7) is 3.50. The maximum absolute atomic E-state index is 13.0. The Hall–Kier alpha value is -2.87. The van der Waals surface area contributed by atoms with Gasteiger partial charge in [0.25, 0.3) is 5.91 Å². The second-order valence-corrected chi connectivity index (χ2v) is 6.60. The van der Waals surface area contributed by atoms with E-state index >= 15 is 0 Å². The van der Waals surface area contributed by atoms with Gasteiger partial charge < -0.3 is 5.32 Å². The van der Waals surface area contributed by atoms with E-state index in [1.54, 1.807) is 26.0 Å². The summed E-state index contributed by atoms with van der Waals surface area (Å²) in [6, 6.07) is 7.56. The number of amides is 1. The molecule has 1 atom stereocenters. The van der Waals surface area contributed by atoms with Gasteiger partial charge in [0.15, 0.2) is 0 Å². The van der Waals surface area contributed by atoms with Crippen molar-refractivity contribution in [3.63, 3.8) is 0 Å². The number of nitrogens with zero attached hydrogens (tertiary/aromatic N) is 3. The van der Waals surface area contributed by atoms with Crippen molar-refractivity contribution in [3.05, 3.63) is 76.3 Å². The van der Waals surface area contributed by atoms with Crippen molar-refractivity contribution in [3.8, 4) is 5.69 Å². The van der Waals surface area contributed by atoms with Crippen molar-refractivity contribution in [2.75, 3.05) is 0 Å². The number of rotatable bonds is 4. The molecule has 0 radical (unpaired) electrons. The van der Waals surface area contributed by atoms with Gasteiger partial charge in [-0.3, -0.25) is 4.79 Å². The summed E-state index contributed by atoms with van der Waals surface area (Å²) < 4.78 is 40.3. The molecule has 0 aliphatic heterocycles. The molecule has 9 heteroatoms. The molecule has 0 unspecified atom stereocenters. The van der Waals surface area contributed by atoms with Crippen LogP contribution < -0.4 is 5.32 Å². The number of halogens is 4. The summed E-state index contributed by atoms with van der Waals surface area (Å²) in [5.41, 5.74) is 1.20. The quantitative estimate of drug-likeness (QED) is 0.634. The van der Waals surface area contributed by atoms with Crippen molar-refractivity contribution in [2.45, 2.75) is 26.1 Å². The standard InChI is InChI=1S/C19H16ClF3N4O/c1-11(26-18(28)13-6-7-17(20)24-9-13)16-10-25-27(12(16)2)15-5-3-4-14(8-15)19(21,22)23/h3-11H,1-2H3,(H,26,28)/t11-/m0/s1. The van der Waals surface area contributed by atoms with Crippen LogP contribution in [0.15, 0.2) is 48.8 Å². The predicted octanol–water partition coefficient (Wildman–Crippen LogP) is 4.74. The highest BCUT2D eigenvalue weighted by Crippen LogP contribution is 2.31. The smallest absolute Gasteiger partial charge is 0.345 e. The number of carbonyl (C=O) groups is 1. The van der Waals surface area contributed by atoms with E-state index in [1.165, 1.54) is 29.2 Å². The minimum absolute atomic E-state index is 0.280. The third-order valence-corrected chi connectivity index (χ3v) is 4.49. The molecule has 1 N–H and O–H groups in total. The lowest BCUT2D eigenvalue weighted by atomic mass is 10.1. The van der Waals surface area contributed by atoms with Crippen molar-refractivity contribution in [1.29, 1.82) is 0 Å². The molecule has 0 fully saturated rings. The molecule has 1 amide bonds. The second kappa shape index (κ2) is 7.63. The van der Waals surface area contributed by atoms with Crippen LogP contribution in [0, 0.1) is 6.92 Å². The molecule has 28 heavy (non-hydrogen) atoms. The molecule has 3 rings (SSSR count). The fourth-order valence-corrected chi connectivity index (χ4v) is 2.90. The summed E-state index contributed by atoms with van der Waals surface area (Å²) in [6.07, 6.45) is -1.54. The Labute approximate surface area is 164 Å². The number of hydrogen-bond acceptors (Lipinski definition) is 3. The largest absolute Gasteiger partial charge is 0.416 e. The van der Waals surface area contributed by atoms with Gasteiger partial charge in [0.2, 0.25) is 0 Å². The Kier molecular flexibility index (Phi) is 5.42. The number of carbonyl (C=O) groups excluding carboxylic acids is 1. The molecule has 146 valence electrons. The van der Waals surface area contributed by atoms with E-state index in [0.717, 1.165) is 12.1 Å². The molecule has 0 saturated heterocycles. The van der Waals surface area contributed by atoms with Crippen LogP contribution in [0.25, 0.3) is 5.69 Å². The van der Waals surface area contributed by atoms with Gasteiger partial charge in [-0.15, -0.1) is 0 Å². The fourth-order valence-electron chi connectivity index (χ4n) is 2.79. The summed E-state index contributed by atoms with van der Waals surface area (Å²) in [7, 11) is 0. The lowest BCUT2D eigenvalue weighted by Crippen LogP contribution is -2.27. The first-order valence-electron chi connectivity index (χ1n) is 8.31. The number of benzene rings is 1. The fraction of sp³-hybridized carbons (Fsp3) is 0.211. The van der Waals surface area contributed by atoms with Crippen molar-refractivity contribution in [1.82, 2.24) is 20.1 Å². The lowest BCUT2D eigenvalue weighted by molar-refractivity contribution is -0.137. The maximum Gasteiger partial charge on any atom is 0.416 e. The Bertz CT molecular complexity index is 999. The van der Waals surface area contributed by atoms with Crippen molar-refractivity contribution in [2.24, 2.45) is 0 Å². The highest BCUT2D eigenvalue weighted by molar-refractivity contribution is 6.29. The lowest BCUT2D eigenvalue weighted by Gasteiger charge is -2.14. The van der Waals surface area contributed by atoms with Gasteiger partial charge in [-0.05, 0) is 44.2 Å². The van der Waals surface area contributed by atoms with E-state index in [9.17, 15) is 18.0 Å². The third-order valence-electron chi connectivity index (χ3n) is 4.27. The Morgan fingerprint density at radius 2 is 1.96 bits per heavy atom. The molecule has 0 bridgehead atoms. The minimum Gasteiger partial charge on any atom is -0.345 e. The van der Waals surface area contributed by atoms with Crippen LogP contribution in [0.3, 0.4) is 0 Å². The number of aromatic nitrogens is 3. The number of alkyl halides is 3. The molecule has 1 aromatic carbocycles. The van der Waals surface area contributed by atoms with E-state index in [4.69, 9.17) is 11.6 Å². The van der Waals surface area contributed by atoms with Crippen LogP contribution in [0.4, 0.5) is 13.2 Å². The van der Waals surface area contributed by atoms with Gasteiger partial charge in [-0.2, -0.15) is 18.3 Å². The summed E-state index contributed by atoms with van der Waals surface area (Å²) in [5, 5.41) is 7.29. The van der Waals surface area contributed by atoms with Gasteiger partial charge in [-0.25, -0.2) is 9.67 Å². The average molecular weight is 409 g/mol. The molecular weight excluding hydrogens is 393 g/mol. The summed E-state index contributed by atoms with van der Waals surface area (Å²) >= 11 is 5.71. The van der Waals surface area contributed by atoms with Crippen LogP contribution in [-0.4, -0.2) is 20.7 Å². The number of hydrogen-bond donors (Lipinski definition) is 1. The van der Waals surface area contributed by atoms with Crippen LogP contribution >= 0.6 is 11.6 Å². The number of pyridine rings is 1. The monoisotopic (exact) mass is 408 g/mol. The van der Waals surface area contributed by atoms with Crippen LogP contribution in [0.5, 0.6) is 0 Å². The zero-order valence-electron chi connectivity index (χ0n) is 15.0. The first kappa shape index (κ1) is 19.9. The van der Waals surface area contributed by atoms with Crippen molar-refractivity contribution < 1.29 is 18.0 Å². The van der Waals surface area contributed by atoms with E-state index in [0.29, 0.717) is 22.5 Å². The van der Waals surface area contributed by atoms with Gasteiger partial charge in [0.1, 0.15) is 5.15 Å². The highest BCUT2D eigenvalue weighted by Gasteiger charge is 2.30. The first-order valence-corrected chi connectivity index (χ1v) is 8.69. The topological polar surface area (TPSA) is 59.8 Å². The highest BCUT2D eigenvalue weighted by atomic mass is 35.5. The molecule has 0 aliphatic rings. The molecule has 0 spiro atoms. The molecule has 3 aromatic rings.